The Balaban J connectivity index is 2.21. The first-order valence-corrected chi connectivity index (χ1v) is 9.86. The predicted octanol–water partition coefficient (Wildman–Crippen LogP) is 3.26. The van der Waals surface area contributed by atoms with Crippen LogP contribution in [0, 0.1) is 0 Å². The van der Waals surface area contributed by atoms with Crippen molar-refractivity contribution in [2.24, 2.45) is 0 Å². The monoisotopic (exact) mass is 350 g/mol. The Morgan fingerprint density at radius 1 is 1.29 bits per heavy atom. The van der Waals surface area contributed by atoms with Crippen LogP contribution in [0.5, 0.6) is 0 Å². The molecule has 0 radical (unpaired) electrons. The first kappa shape index (κ1) is 17.0. The normalized spacial score (nSPS) is 16.8. The molecule has 1 aliphatic rings. The molecule has 2 aromatic heterocycles. The predicted molar refractivity (Wildman–Crippen MR) is 90.3 cm³/mol. The molecular formula is C17H22N2O4S. The quantitative estimate of drug-likeness (QED) is 0.914. The summed E-state index contributed by atoms with van der Waals surface area (Å²) in [5.41, 5.74) is 0.987. The highest BCUT2D eigenvalue weighted by molar-refractivity contribution is 7.92. The molecule has 24 heavy (non-hydrogen) atoms. The van der Waals surface area contributed by atoms with E-state index < -0.39 is 15.8 Å². The van der Waals surface area contributed by atoms with Gasteiger partial charge in [-0.3, -0.25) is 4.40 Å². The first-order valence-electron chi connectivity index (χ1n) is 8.31. The van der Waals surface area contributed by atoms with Gasteiger partial charge in [0.25, 0.3) is 0 Å². The van der Waals surface area contributed by atoms with Crippen molar-refractivity contribution >= 4 is 21.5 Å². The zero-order valence-electron chi connectivity index (χ0n) is 13.9. The Kier molecular flexibility index (Phi) is 4.38. The molecule has 2 heterocycles. The zero-order valence-corrected chi connectivity index (χ0v) is 14.7. The summed E-state index contributed by atoms with van der Waals surface area (Å²) in [4.78, 5) is 15.6. The number of sulfone groups is 1. The molecule has 0 bridgehead atoms. The third kappa shape index (κ3) is 2.81. The fourth-order valence-corrected chi connectivity index (χ4v) is 5.64. The number of aromatic carboxylic acids is 1. The van der Waals surface area contributed by atoms with Crippen LogP contribution >= 0.6 is 0 Å². The number of carbonyl (C=O) groups is 1. The van der Waals surface area contributed by atoms with Gasteiger partial charge in [-0.1, -0.05) is 33.1 Å². The smallest absolute Gasteiger partial charge is 0.335 e. The highest BCUT2D eigenvalue weighted by Gasteiger charge is 2.35. The molecule has 0 atom stereocenters. The molecule has 0 saturated heterocycles. The number of carboxylic acid groups (broad SMARTS) is 1. The van der Waals surface area contributed by atoms with Crippen LogP contribution in [-0.2, 0) is 9.84 Å². The van der Waals surface area contributed by atoms with Crippen molar-refractivity contribution in [1.82, 2.24) is 9.38 Å². The maximum atomic E-state index is 13.2. The average Bonchev–Trinajstić information content (AvgIpc) is 2.95. The summed E-state index contributed by atoms with van der Waals surface area (Å²) in [5, 5.41) is 9.00. The van der Waals surface area contributed by atoms with Crippen LogP contribution in [-0.4, -0.2) is 34.1 Å². The number of nitrogens with zero attached hydrogens (tertiary/aromatic N) is 2. The summed E-state index contributed by atoms with van der Waals surface area (Å²) in [7, 11) is -3.50. The van der Waals surface area contributed by atoms with E-state index in [1.165, 1.54) is 22.7 Å². The van der Waals surface area contributed by atoms with Crippen LogP contribution in [0.15, 0.2) is 23.4 Å². The number of hydrogen-bond acceptors (Lipinski definition) is 4. The molecule has 3 rings (SSSR count). The number of aromatic nitrogens is 2. The van der Waals surface area contributed by atoms with Crippen molar-refractivity contribution in [1.29, 1.82) is 0 Å². The largest absolute Gasteiger partial charge is 0.478 e. The molecule has 1 aliphatic carbocycles. The second kappa shape index (κ2) is 6.20. The van der Waals surface area contributed by atoms with Gasteiger partial charge in [-0.15, -0.1) is 0 Å². The third-order valence-corrected chi connectivity index (χ3v) is 6.96. The van der Waals surface area contributed by atoms with E-state index in [1.807, 2.05) is 13.8 Å². The molecule has 130 valence electrons. The minimum atomic E-state index is -3.50. The molecule has 0 amide bonds. The Bertz CT molecular complexity index is 877. The van der Waals surface area contributed by atoms with E-state index in [9.17, 15) is 13.2 Å². The number of carboxylic acids is 1. The summed E-state index contributed by atoms with van der Waals surface area (Å²) in [5.74, 6) is -1.12. The molecule has 0 spiro atoms. The molecule has 6 nitrogen and oxygen atoms in total. The summed E-state index contributed by atoms with van der Waals surface area (Å²) in [6.45, 7) is 3.81. The van der Waals surface area contributed by atoms with Gasteiger partial charge in [0.2, 0.25) is 0 Å². The van der Waals surface area contributed by atoms with Crippen molar-refractivity contribution in [2.75, 3.05) is 0 Å². The SMILES string of the molecule is CC(C)c1nc2cc(C(=O)O)ccn2c1S(=O)(=O)C1CCCCC1. The lowest BCUT2D eigenvalue weighted by Crippen LogP contribution is -2.26. The number of pyridine rings is 1. The minimum Gasteiger partial charge on any atom is -0.478 e. The molecule has 7 heteroatoms. The van der Waals surface area contributed by atoms with Crippen molar-refractivity contribution in [3.63, 3.8) is 0 Å². The van der Waals surface area contributed by atoms with Crippen LogP contribution < -0.4 is 0 Å². The average molecular weight is 350 g/mol. The van der Waals surface area contributed by atoms with Gasteiger partial charge in [-0.05, 0) is 30.9 Å². The van der Waals surface area contributed by atoms with Gasteiger partial charge in [-0.2, -0.15) is 0 Å². The van der Waals surface area contributed by atoms with Gasteiger partial charge in [-0.25, -0.2) is 18.2 Å². The van der Waals surface area contributed by atoms with Gasteiger partial charge in [0.15, 0.2) is 14.9 Å². The van der Waals surface area contributed by atoms with Crippen LogP contribution in [0.1, 0.15) is 67.9 Å². The molecule has 1 saturated carbocycles. The van der Waals surface area contributed by atoms with E-state index in [0.29, 0.717) is 24.2 Å². The van der Waals surface area contributed by atoms with E-state index in [0.717, 1.165) is 19.3 Å². The lowest BCUT2D eigenvalue weighted by atomic mass is 10.0. The van der Waals surface area contributed by atoms with Crippen LogP contribution in [0.4, 0.5) is 0 Å². The number of fused-ring (bicyclic) bond motifs is 1. The lowest BCUT2D eigenvalue weighted by Gasteiger charge is -2.22. The maximum Gasteiger partial charge on any atom is 0.335 e. The number of hydrogen-bond donors (Lipinski definition) is 1. The van der Waals surface area contributed by atoms with Crippen molar-refractivity contribution in [3.8, 4) is 0 Å². The molecule has 0 aromatic carbocycles. The minimum absolute atomic E-state index is 0.0634. The van der Waals surface area contributed by atoms with Gasteiger partial charge in [0, 0.05) is 6.20 Å². The summed E-state index contributed by atoms with van der Waals surface area (Å²) in [6.07, 6.45) is 5.81. The van der Waals surface area contributed by atoms with Gasteiger partial charge >= 0.3 is 5.97 Å². The van der Waals surface area contributed by atoms with Crippen molar-refractivity contribution in [2.45, 2.75) is 62.1 Å². The van der Waals surface area contributed by atoms with Gasteiger partial charge in [0.05, 0.1) is 16.5 Å². The molecule has 0 aliphatic heterocycles. The van der Waals surface area contributed by atoms with E-state index in [2.05, 4.69) is 4.98 Å². The van der Waals surface area contributed by atoms with E-state index in [4.69, 9.17) is 5.11 Å². The highest BCUT2D eigenvalue weighted by Crippen LogP contribution is 2.33. The van der Waals surface area contributed by atoms with Crippen LogP contribution in [0.25, 0.3) is 5.65 Å². The van der Waals surface area contributed by atoms with E-state index in [-0.39, 0.29) is 21.8 Å². The molecule has 1 N–H and O–H groups in total. The fourth-order valence-electron chi connectivity index (χ4n) is 3.37. The standard InChI is InChI=1S/C17H22N2O4S/c1-11(2)15-16(24(22,23)13-6-4-3-5-7-13)19-9-8-12(17(20)21)10-14(19)18-15/h8-11,13H,3-7H2,1-2H3,(H,20,21). The topological polar surface area (TPSA) is 88.7 Å². The Morgan fingerprint density at radius 2 is 1.96 bits per heavy atom. The van der Waals surface area contributed by atoms with E-state index in [1.54, 1.807) is 0 Å². The van der Waals surface area contributed by atoms with E-state index >= 15 is 0 Å². The first-order chi connectivity index (χ1) is 11.3. The van der Waals surface area contributed by atoms with Gasteiger partial charge < -0.3 is 5.11 Å². The molecular weight excluding hydrogens is 328 g/mol. The summed E-state index contributed by atoms with van der Waals surface area (Å²) < 4.78 is 28.0. The second-order valence-electron chi connectivity index (χ2n) is 6.71. The highest BCUT2D eigenvalue weighted by atomic mass is 32.2. The summed E-state index contributed by atoms with van der Waals surface area (Å²) in [6, 6.07) is 2.84. The Hall–Kier alpha value is -1.89. The van der Waals surface area contributed by atoms with Crippen molar-refractivity contribution in [3.05, 3.63) is 29.6 Å². The zero-order chi connectivity index (χ0) is 17.5. The summed E-state index contributed by atoms with van der Waals surface area (Å²) >= 11 is 0. The van der Waals surface area contributed by atoms with Crippen molar-refractivity contribution < 1.29 is 18.3 Å². The molecule has 0 unspecified atom stereocenters. The van der Waals surface area contributed by atoms with Crippen LogP contribution in [0.3, 0.4) is 0 Å². The number of imidazole rings is 1. The fraction of sp³-hybridized carbons (Fsp3) is 0.529. The maximum absolute atomic E-state index is 13.2. The second-order valence-corrected chi connectivity index (χ2v) is 8.85. The third-order valence-electron chi connectivity index (χ3n) is 4.66. The Morgan fingerprint density at radius 3 is 2.54 bits per heavy atom. The molecule has 2 aromatic rings. The Labute approximate surface area is 141 Å². The number of rotatable bonds is 4. The molecule has 1 fully saturated rings. The van der Waals surface area contributed by atoms with Crippen LogP contribution in [0.2, 0.25) is 0 Å². The lowest BCUT2D eigenvalue weighted by molar-refractivity contribution is 0.0697. The van der Waals surface area contributed by atoms with Gasteiger partial charge in [0.1, 0.15) is 5.65 Å².